The van der Waals surface area contributed by atoms with Crippen molar-refractivity contribution < 1.29 is 4.74 Å². The SMILES string of the molecule is C#CC(N)C(OC)c1ccccc1. The zero-order chi connectivity index (χ0) is 9.68. The van der Waals surface area contributed by atoms with Crippen molar-refractivity contribution in [3.63, 3.8) is 0 Å². The Hall–Kier alpha value is -1.30. The van der Waals surface area contributed by atoms with Crippen LogP contribution in [-0.2, 0) is 4.74 Å². The lowest BCUT2D eigenvalue weighted by Crippen LogP contribution is -2.27. The molecule has 0 saturated heterocycles. The van der Waals surface area contributed by atoms with Crippen LogP contribution in [0.1, 0.15) is 11.7 Å². The largest absolute Gasteiger partial charge is 0.374 e. The van der Waals surface area contributed by atoms with Gasteiger partial charge in [-0.15, -0.1) is 6.42 Å². The van der Waals surface area contributed by atoms with Crippen LogP contribution in [0.15, 0.2) is 30.3 Å². The van der Waals surface area contributed by atoms with Gasteiger partial charge in [0.05, 0.1) is 6.04 Å². The van der Waals surface area contributed by atoms with Crippen molar-refractivity contribution in [3.05, 3.63) is 35.9 Å². The van der Waals surface area contributed by atoms with Crippen LogP contribution < -0.4 is 5.73 Å². The highest BCUT2D eigenvalue weighted by molar-refractivity contribution is 5.22. The smallest absolute Gasteiger partial charge is 0.108 e. The monoisotopic (exact) mass is 175 g/mol. The van der Waals surface area contributed by atoms with Gasteiger partial charge in [-0.25, -0.2) is 0 Å². The highest BCUT2D eigenvalue weighted by atomic mass is 16.5. The normalized spacial score (nSPS) is 14.5. The Kier molecular flexibility index (Phi) is 3.51. The van der Waals surface area contributed by atoms with Crippen molar-refractivity contribution in [3.8, 4) is 12.3 Å². The summed E-state index contributed by atoms with van der Waals surface area (Å²) in [5.74, 6) is 2.47. The topological polar surface area (TPSA) is 35.2 Å². The molecule has 0 heterocycles. The van der Waals surface area contributed by atoms with Gasteiger partial charge < -0.3 is 10.5 Å². The maximum atomic E-state index is 5.70. The average molecular weight is 175 g/mol. The standard InChI is InChI=1S/C11H13NO/c1-3-10(12)11(13-2)9-7-5-4-6-8-9/h1,4-8,10-11H,12H2,2H3. The third-order valence-electron chi connectivity index (χ3n) is 1.90. The minimum Gasteiger partial charge on any atom is -0.374 e. The fourth-order valence-corrected chi connectivity index (χ4v) is 1.22. The van der Waals surface area contributed by atoms with Crippen LogP contribution in [0.25, 0.3) is 0 Å². The van der Waals surface area contributed by atoms with Crippen molar-refractivity contribution in [2.75, 3.05) is 7.11 Å². The predicted octanol–water partition coefficient (Wildman–Crippen LogP) is 1.33. The number of hydrogen-bond donors (Lipinski definition) is 1. The van der Waals surface area contributed by atoms with Crippen LogP contribution in [0.5, 0.6) is 0 Å². The highest BCUT2D eigenvalue weighted by Crippen LogP contribution is 2.18. The molecule has 0 bridgehead atoms. The molecule has 1 aromatic rings. The van der Waals surface area contributed by atoms with E-state index >= 15 is 0 Å². The quantitative estimate of drug-likeness (QED) is 0.703. The summed E-state index contributed by atoms with van der Waals surface area (Å²) < 4.78 is 5.22. The summed E-state index contributed by atoms with van der Waals surface area (Å²) in [4.78, 5) is 0. The van der Waals surface area contributed by atoms with Gasteiger partial charge in [-0.1, -0.05) is 36.3 Å². The third-order valence-corrected chi connectivity index (χ3v) is 1.90. The summed E-state index contributed by atoms with van der Waals surface area (Å²) in [6.45, 7) is 0. The van der Waals surface area contributed by atoms with Crippen LogP contribution in [0, 0.1) is 12.3 Å². The average Bonchev–Trinajstić information content (AvgIpc) is 2.20. The van der Waals surface area contributed by atoms with E-state index in [1.807, 2.05) is 30.3 Å². The molecule has 0 saturated carbocycles. The fourth-order valence-electron chi connectivity index (χ4n) is 1.22. The van der Waals surface area contributed by atoms with E-state index in [0.717, 1.165) is 5.56 Å². The van der Waals surface area contributed by atoms with E-state index < -0.39 is 6.04 Å². The number of nitrogens with two attached hydrogens (primary N) is 1. The van der Waals surface area contributed by atoms with Crippen LogP contribution in [0.3, 0.4) is 0 Å². The molecule has 1 rings (SSSR count). The lowest BCUT2D eigenvalue weighted by molar-refractivity contribution is 0.0949. The molecule has 0 spiro atoms. The zero-order valence-corrected chi connectivity index (χ0v) is 7.60. The van der Waals surface area contributed by atoms with Crippen molar-refractivity contribution in [2.24, 2.45) is 5.73 Å². The van der Waals surface area contributed by atoms with Crippen LogP contribution >= 0.6 is 0 Å². The Morgan fingerprint density at radius 2 is 2.00 bits per heavy atom. The number of ether oxygens (including phenoxy) is 1. The molecule has 0 aliphatic heterocycles. The summed E-state index contributed by atoms with van der Waals surface area (Å²) in [5, 5.41) is 0. The summed E-state index contributed by atoms with van der Waals surface area (Å²) in [7, 11) is 1.61. The summed E-state index contributed by atoms with van der Waals surface area (Å²) >= 11 is 0. The second kappa shape index (κ2) is 4.66. The molecule has 0 aliphatic carbocycles. The molecule has 13 heavy (non-hydrogen) atoms. The van der Waals surface area contributed by atoms with Crippen LogP contribution in [-0.4, -0.2) is 13.2 Å². The van der Waals surface area contributed by atoms with E-state index in [1.165, 1.54) is 0 Å². The Morgan fingerprint density at radius 3 is 2.46 bits per heavy atom. The molecule has 2 nitrogen and oxygen atoms in total. The number of benzene rings is 1. The molecule has 1 aromatic carbocycles. The van der Waals surface area contributed by atoms with Crippen molar-refractivity contribution in [2.45, 2.75) is 12.1 Å². The molecule has 0 aromatic heterocycles. The third kappa shape index (κ3) is 2.32. The number of terminal acetylenes is 1. The van der Waals surface area contributed by atoms with Gasteiger partial charge >= 0.3 is 0 Å². The first kappa shape index (κ1) is 9.79. The summed E-state index contributed by atoms with van der Waals surface area (Å²) in [6.07, 6.45) is 5.01. The maximum Gasteiger partial charge on any atom is 0.108 e. The molecule has 68 valence electrons. The Labute approximate surface area is 78.7 Å². The lowest BCUT2D eigenvalue weighted by atomic mass is 10.0. The molecule has 0 fully saturated rings. The van der Waals surface area contributed by atoms with E-state index in [4.69, 9.17) is 16.9 Å². The van der Waals surface area contributed by atoms with Gasteiger partial charge in [0.25, 0.3) is 0 Å². The fraction of sp³-hybridized carbons (Fsp3) is 0.273. The van der Waals surface area contributed by atoms with Gasteiger partial charge in [0.15, 0.2) is 0 Å². The molecular formula is C11H13NO. The molecule has 2 atom stereocenters. The van der Waals surface area contributed by atoms with Crippen LogP contribution in [0.4, 0.5) is 0 Å². The van der Waals surface area contributed by atoms with Gasteiger partial charge in [-0.3, -0.25) is 0 Å². The van der Waals surface area contributed by atoms with E-state index in [9.17, 15) is 0 Å². The molecule has 2 heteroatoms. The second-order valence-electron chi connectivity index (χ2n) is 2.76. The first-order chi connectivity index (χ1) is 6.29. The number of methoxy groups -OCH3 is 1. The van der Waals surface area contributed by atoms with Gasteiger partial charge in [0.1, 0.15) is 6.10 Å². The predicted molar refractivity (Wildman–Crippen MR) is 53.0 cm³/mol. The van der Waals surface area contributed by atoms with E-state index in [1.54, 1.807) is 7.11 Å². The highest BCUT2D eigenvalue weighted by Gasteiger charge is 2.16. The first-order valence-electron chi connectivity index (χ1n) is 4.09. The Morgan fingerprint density at radius 1 is 1.38 bits per heavy atom. The minimum absolute atomic E-state index is 0.216. The van der Waals surface area contributed by atoms with E-state index in [-0.39, 0.29) is 6.10 Å². The summed E-state index contributed by atoms with van der Waals surface area (Å²) in [5.41, 5.74) is 6.71. The maximum absolute atomic E-state index is 5.70. The van der Waals surface area contributed by atoms with Gasteiger partial charge in [-0.2, -0.15) is 0 Å². The Balaban J connectivity index is 2.86. The van der Waals surface area contributed by atoms with E-state index in [2.05, 4.69) is 5.92 Å². The number of hydrogen-bond acceptors (Lipinski definition) is 2. The van der Waals surface area contributed by atoms with Crippen molar-refractivity contribution >= 4 is 0 Å². The molecular weight excluding hydrogens is 162 g/mol. The van der Waals surface area contributed by atoms with Crippen molar-refractivity contribution in [1.29, 1.82) is 0 Å². The van der Waals surface area contributed by atoms with Gasteiger partial charge in [0.2, 0.25) is 0 Å². The number of rotatable bonds is 3. The van der Waals surface area contributed by atoms with Crippen LogP contribution in [0.2, 0.25) is 0 Å². The Bertz CT molecular complexity index is 289. The van der Waals surface area contributed by atoms with Gasteiger partial charge in [-0.05, 0) is 5.56 Å². The molecule has 2 unspecified atom stereocenters. The first-order valence-corrected chi connectivity index (χ1v) is 4.09. The molecule has 0 amide bonds. The minimum atomic E-state index is -0.396. The van der Waals surface area contributed by atoms with E-state index in [0.29, 0.717) is 0 Å². The summed E-state index contributed by atoms with van der Waals surface area (Å²) in [6, 6.07) is 9.32. The van der Waals surface area contributed by atoms with Gasteiger partial charge in [0, 0.05) is 7.11 Å². The molecule has 2 N–H and O–H groups in total. The van der Waals surface area contributed by atoms with Crippen molar-refractivity contribution in [1.82, 2.24) is 0 Å². The second-order valence-corrected chi connectivity index (χ2v) is 2.76. The zero-order valence-electron chi connectivity index (χ0n) is 7.60. The molecule has 0 aliphatic rings. The molecule has 0 radical (unpaired) electrons. The lowest BCUT2D eigenvalue weighted by Gasteiger charge is -2.18.